The Morgan fingerprint density at radius 3 is 2.67 bits per heavy atom. The molecule has 1 atom stereocenters. The largest absolute Gasteiger partial charge is 0.497 e. The van der Waals surface area contributed by atoms with Crippen molar-refractivity contribution in [3.63, 3.8) is 0 Å². The van der Waals surface area contributed by atoms with Gasteiger partial charge in [-0.1, -0.05) is 20.8 Å². The Morgan fingerprint density at radius 1 is 1.33 bits per heavy atom. The van der Waals surface area contributed by atoms with Gasteiger partial charge in [0.15, 0.2) is 0 Å². The molecule has 1 aliphatic rings. The fraction of sp³-hybridized carbons (Fsp3) is 0.538. The van der Waals surface area contributed by atoms with E-state index in [1.807, 2.05) is 6.07 Å². The standard InChI is InChI=1S/C13H19NO/c1-13(2,3)12-8-9-7-10(15-4)5-6-11(9)14-12/h5-7,12,14H,8H2,1-4H3. The summed E-state index contributed by atoms with van der Waals surface area (Å²) in [5.74, 6) is 0.949. The van der Waals surface area contributed by atoms with E-state index in [1.165, 1.54) is 11.3 Å². The van der Waals surface area contributed by atoms with Crippen molar-refractivity contribution in [3.8, 4) is 5.75 Å². The van der Waals surface area contributed by atoms with Crippen LogP contribution in [0.2, 0.25) is 0 Å². The van der Waals surface area contributed by atoms with Gasteiger partial charge in [0, 0.05) is 11.7 Å². The van der Waals surface area contributed by atoms with E-state index in [1.54, 1.807) is 7.11 Å². The van der Waals surface area contributed by atoms with E-state index < -0.39 is 0 Å². The number of rotatable bonds is 1. The van der Waals surface area contributed by atoms with Crippen LogP contribution in [0, 0.1) is 5.41 Å². The molecule has 0 amide bonds. The molecule has 0 spiro atoms. The Balaban J connectivity index is 2.24. The maximum absolute atomic E-state index is 5.23. The predicted octanol–water partition coefficient (Wildman–Crippen LogP) is 3.08. The Kier molecular flexibility index (Phi) is 2.37. The van der Waals surface area contributed by atoms with Crippen molar-refractivity contribution >= 4 is 5.69 Å². The van der Waals surface area contributed by atoms with E-state index >= 15 is 0 Å². The van der Waals surface area contributed by atoms with E-state index in [2.05, 4.69) is 38.2 Å². The van der Waals surface area contributed by atoms with Gasteiger partial charge < -0.3 is 10.1 Å². The maximum Gasteiger partial charge on any atom is 0.119 e. The molecule has 0 fully saturated rings. The lowest BCUT2D eigenvalue weighted by molar-refractivity contribution is 0.347. The van der Waals surface area contributed by atoms with Gasteiger partial charge in [-0.3, -0.25) is 0 Å². The summed E-state index contributed by atoms with van der Waals surface area (Å²) in [6.07, 6.45) is 1.09. The number of ether oxygens (including phenoxy) is 1. The number of fused-ring (bicyclic) bond motifs is 1. The SMILES string of the molecule is COc1ccc2c(c1)CC(C(C)(C)C)N2. The molecule has 1 aromatic rings. The second-order valence-electron chi connectivity index (χ2n) is 5.29. The van der Waals surface area contributed by atoms with Crippen LogP contribution in [-0.2, 0) is 6.42 Å². The number of hydrogen-bond acceptors (Lipinski definition) is 2. The van der Waals surface area contributed by atoms with Gasteiger partial charge in [0.2, 0.25) is 0 Å². The fourth-order valence-electron chi connectivity index (χ4n) is 1.99. The third-order valence-corrected chi connectivity index (χ3v) is 3.11. The highest BCUT2D eigenvalue weighted by Crippen LogP contribution is 2.35. The smallest absolute Gasteiger partial charge is 0.119 e. The van der Waals surface area contributed by atoms with Crippen molar-refractivity contribution in [1.82, 2.24) is 0 Å². The van der Waals surface area contributed by atoms with Gasteiger partial charge in [-0.25, -0.2) is 0 Å². The first-order valence-electron chi connectivity index (χ1n) is 5.44. The highest BCUT2D eigenvalue weighted by atomic mass is 16.5. The maximum atomic E-state index is 5.23. The second-order valence-corrected chi connectivity index (χ2v) is 5.29. The normalized spacial score (nSPS) is 19.6. The van der Waals surface area contributed by atoms with Gasteiger partial charge in [0.25, 0.3) is 0 Å². The third kappa shape index (κ3) is 1.94. The molecule has 0 radical (unpaired) electrons. The molecule has 1 heterocycles. The van der Waals surface area contributed by atoms with Gasteiger partial charge in [-0.05, 0) is 35.6 Å². The Labute approximate surface area is 91.6 Å². The van der Waals surface area contributed by atoms with Crippen LogP contribution in [0.25, 0.3) is 0 Å². The average molecular weight is 205 g/mol. The molecule has 1 aliphatic heterocycles. The summed E-state index contributed by atoms with van der Waals surface area (Å²) in [5.41, 5.74) is 2.93. The van der Waals surface area contributed by atoms with Crippen LogP contribution < -0.4 is 10.1 Å². The minimum Gasteiger partial charge on any atom is -0.497 e. The van der Waals surface area contributed by atoms with Crippen LogP contribution in [0.1, 0.15) is 26.3 Å². The Bertz CT molecular complexity index is 365. The number of methoxy groups -OCH3 is 1. The van der Waals surface area contributed by atoms with Gasteiger partial charge >= 0.3 is 0 Å². The monoisotopic (exact) mass is 205 g/mol. The third-order valence-electron chi connectivity index (χ3n) is 3.11. The average Bonchev–Trinajstić information content (AvgIpc) is 2.59. The van der Waals surface area contributed by atoms with E-state index in [0.29, 0.717) is 11.5 Å². The molecule has 2 heteroatoms. The molecule has 2 rings (SSSR count). The zero-order valence-corrected chi connectivity index (χ0v) is 9.92. The quantitative estimate of drug-likeness (QED) is 0.760. The molecule has 0 bridgehead atoms. The summed E-state index contributed by atoms with van der Waals surface area (Å²) in [4.78, 5) is 0. The Morgan fingerprint density at radius 2 is 2.07 bits per heavy atom. The Hall–Kier alpha value is -1.18. The van der Waals surface area contributed by atoms with Gasteiger partial charge in [0.1, 0.15) is 5.75 Å². The van der Waals surface area contributed by atoms with Crippen LogP contribution in [0.15, 0.2) is 18.2 Å². The first kappa shape index (κ1) is 10.3. The molecular formula is C13H19NO. The van der Waals surface area contributed by atoms with Crippen molar-refractivity contribution in [1.29, 1.82) is 0 Å². The fourth-order valence-corrected chi connectivity index (χ4v) is 1.99. The highest BCUT2D eigenvalue weighted by molar-refractivity contribution is 5.59. The molecule has 1 unspecified atom stereocenters. The molecule has 0 aliphatic carbocycles. The van der Waals surface area contributed by atoms with Crippen LogP contribution in [-0.4, -0.2) is 13.2 Å². The van der Waals surface area contributed by atoms with E-state index in [0.717, 1.165) is 12.2 Å². The first-order chi connectivity index (χ1) is 7.00. The summed E-state index contributed by atoms with van der Waals surface area (Å²) >= 11 is 0. The summed E-state index contributed by atoms with van der Waals surface area (Å²) in [5, 5.41) is 3.57. The van der Waals surface area contributed by atoms with Crippen molar-refractivity contribution < 1.29 is 4.74 Å². The van der Waals surface area contributed by atoms with E-state index in [-0.39, 0.29) is 0 Å². The summed E-state index contributed by atoms with van der Waals surface area (Å²) in [6, 6.07) is 6.78. The van der Waals surface area contributed by atoms with Crippen LogP contribution in [0.3, 0.4) is 0 Å². The van der Waals surface area contributed by atoms with E-state index in [4.69, 9.17) is 4.74 Å². The molecule has 82 valence electrons. The number of benzene rings is 1. The highest BCUT2D eigenvalue weighted by Gasteiger charge is 2.30. The molecule has 15 heavy (non-hydrogen) atoms. The van der Waals surface area contributed by atoms with Crippen LogP contribution in [0.5, 0.6) is 5.75 Å². The number of nitrogens with one attached hydrogen (secondary N) is 1. The van der Waals surface area contributed by atoms with Crippen LogP contribution in [0.4, 0.5) is 5.69 Å². The zero-order valence-electron chi connectivity index (χ0n) is 9.92. The zero-order chi connectivity index (χ0) is 11.1. The first-order valence-corrected chi connectivity index (χ1v) is 5.44. The summed E-state index contributed by atoms with van der Waals surface area (Å²) < 4.78 is 5.23. The van der Waals surface area contributed by atoms with Gasteiger partial charge in [-0.2, -0.15) is 0 Å². The molecule has 0 saturated carbocycles. The van der Waals surface area contributed by atoms with Crippen LogP contribution >= 0.6 is 0 Å². The molecule has 0 aromatic heterocycles. The van der Waals surface area contributed by atoms with Crippen molar-refractivity contribution in [3.05, 3.63) is 23.8 Å². The molecule has 0 saturated heterocycles. The summed E-state index contributed by atoms with van der Waals surface area (Å²) in [6.45, 7) is 6.81. The van der Waals surface area contributed by atoms with Gasteiger partial charge in [0.05, 0.1) is 7.11 Å². The van der Waals surface area contributed by atoms with Crippen molar-refractivity contribution in [2.45, 2.75) is 33.2 Å². The second kappa shape index (κ2) is 3.44. The minimum atomic E-state index is 0.298. The minimum absolute atomic E-state index is 0.298. The predicted molar refractivity (Wildman–Crippen MR) is 63.6 cm³/mol. The molecule has 1 N–H and O–H groups in total. The number of anilines is 1. The lowest BCUT2D eigenvalue weighted by atomic mass is 9.85. The van der Waals surface area contributed by atoms with E-state index in [9.17, 15) is 0 Å². The van der Waals surface area contributed by atoms with Gasteiger partial charge in [-0.15, -0.1) is 0 Å². The lowest BCUT2D eigenvalue weighted by Gasteiger charge is -2.27. The van der Waals surface area contributed by atoms with Crippen molar-refractivity contribution in [2.24, 2.45) is 5.41 Å². The summed E-state index contributed by atoms with van der Waals surface area (Å²) in [7, 11) is 1.71. The topological polar surface area (TPSA) is 21.3 Å². The molecule has 1 aromatic carbocycles. The van der Waals surface area contributed by atoms with Crippen molar-refractivity contribution in [2.75, 3.05) is 12.4 Å². The molecular weight excluding hydrogens is 186 g/mol. The lowest BCUT2D eigenvalue weighted by Crippen LogP contribution is -2.31. The number of hydrogen-bond donors (Lipinski definition) is 1. The molecule has 2 nitrogen and oxygen atoms in total.